The van der Waals surface area contributed by atoms with E-state index in [1.165, 1.54) is 88.0 Å². The van der Waals surface area contributed by atoms with Gasteiger partial charge >= 0.3 is 0 Å². The lowest BCUT2D eigenvalue weighted by atomic mass is 9.66. The maximum Gasteiger partial charge on any atom is 0.0891 e. The molecule has 3 heteroatoms. The van der Waals surface area contributed by atoms with Gasteiger partial charge in [-0.05, 0) is 69.1 Å². The molecule has 2 heterocycles. The molecule has 0 aromatic heterocycles. The summed E-state index contributed by atoms with van der Waals surface area (Å²) < 4.78 is 1.27. The molecule has 2 nitrogen and oxygen atoms in total. The Labute approximate surface area is 172 Å². The molecule has 0 aromatic rings. The minimum atomic E-state index is -0.319. The van der Waals surface area contributed by atoms with Crippen LogP contribution in [0, 0.1) is 17.8 Å². The van der Waals surface area contributed by atoms with Gasteiger partial charge in [0, 0.05) is 12.8 Å². The Hall–Kier alpha value is 0.650. The van der Waals surface area contributed by atoms with E-state index in [1.54, 1.807) is 0 Å². The number of hydrogen-bond donors (Lipinski definition) is 1. The van der Waals surface area contributed by atoms with Crippen LogP contribution in [0.15, 0.2) is 0 Å². The number of piperidine rings is 2. The van der Waals surface area contributed by atoms with Crippen LogP contribution in [0.25, 0.3) is 0 Å². The molecule has 4 aliphatic rings. The Morgan fingerprint density at radius 2 is 1.20 bits per heavy atom. The monoisotopic (exact) mass is 461 g/mol. The fourth-order valence-electron chi connectivity index (χ4n) is 7.34. The van der Waals surface area contributed by atoms with Crippen LogP contribution in [0.1, 0.15) is 89.9 Å². The van der Waals surface area contributed by atoms with Crippen molar-refractivity contribution in [1.29, 1.82) is 0 Å². The molecule has 2 saturated carbocycles. The molecule has 1 N–H and O–H groups in total. The second-order valence-electron chi connectivity index (χ2n) is 10.4. The van der Waals surface area contributed by atoms with E-state index in [1.807, 2.05) is 0 Å². The third kappa shape index (κ3) is 3.81. The van der Waals surface area contributed by atoms with Gasteiger partial charge in [0.2, 0.25) is 0 Å². The van der Waals surface area contributed by atoms with Crippen molar-refractivity contribution in [3.8, 4) is 0 Å². The average molecular weight is 461 g/mol. The molecule has 0 aromatic carbocycles. The topological polar surface area (TPSA) is 20.2 Å². The van der Waals surface area contributed by atoms with Gasteiger partial charge < -0.3 is 33.6 Å². The zero-order valence-electron chi connectivity index (χ0n) is 16.6. The molecule has 2 aliphatic carbocycles. The summed E-state index contributed by atoms with van der Waals surface area (Å²) in [5.74, 6) is 2.02. The minimum Gasteiger partial charge on any atom is -1.00 e. The lowest BCUT2D eigenvalue weighted by Crippen LogP contribution is -3.00. The van der Waals surface area contributed by atoms with Crippen LogP contribution in [-0.4, -0.2) is 41.4 Å². The normalized spacial score (nSPS) is 36.4. The minimum absolute atomic E-state index is 0. The van der Waals surface area contributed by atoms with E-state index in [4.69, 9.17) is 0 Å². The Morgan fingerprint density at radius 1 is 0.760 bits per heavy atom. The fourth-order valence-corrected chi connectivity index (χ4v) is 7.34. The number of hydrogen-bond acceptors (Lipinski definition) is 1. The van der Waals surface area contributed by atoms with Crippen LogP contribution in [0.2, 0.25) is 0 Å². The van der Waals surface area contributed by atoms with Crippen molar-refractivity contribution in [3.05, 3.63) is 0 Å². The van der Waals surface area contributed by atoms with E-state index >= 15 is 0 Å². The number of rotatable bonds is 4. The first-order valence-electron chi connectivity index (χ1n) is 11.1. The smallest absolute Gasteiger partial charge is 0.0891 e. The van der Waals surface area contributed by atoms with Crippen molar-refractivity contribution >= 4 is 0 Å². The van der Waals surface area contributed by atoms with Crippen molar-refractivity contribution < 1.29 is 33.6 Å². The molecule has 0 spiro atoms. The van der Waals surface area contributed by atoms with Gasteiger partial charge in [0.15, 0.2) is 0 Å². The van der Waals surface area contributed by atoms with Gasteiger partial charge in [-0.25, -0.2) is 0 Å². The molecule has 2 unspecified atom stereocenters. The van der Waals surface area contributed by atoms with Gasteiger partial charge in [-0.15, -0.1) is 0 Å². The fraction of sp³-hybridized carbons (Fsp3) is 1.00. The summed E-state index contributed by atoms with van der Waals surface area (Å²) in [4.78, 5) is 0. The van der Waals surface area contributed by atoms with Gasteiger partial charge in [-0.3, -0.25) is 0 Å². The summed E-state index contributed by atoms with van der Waals surface area (Å²) in [7, 11) is 4.95. The van der Waals surface area contributed by atoms with Crippen LogP contribution in [0.4, 0.5) is 0 Å². The summed E-state index contributed by atoms with van der Waals surface area (Å²) in [5, 5.41) is 12.0. The van der Waals surface area contributed by atoms with Crippen LogP contribution in [0.3, 0.4) is 0 Å². The Bertz CT molecular complexity index is 407. The molecule has 25 heavy (non-hydrogen) atoms. The van der Waals surface area contributed by atoms with Gasteiger partial charge in [-0.1, -0.05) is 25.7 Å². The third-order valence-corrected chi connectivity index (χ3v) is 8.91. The highest BCUT2D eigenvalue weighted by molar-refractivity contribution is 4.99. The lowest BCUT2D eigenvalue weighted by Gasteiger charge is -2.54. The maximum absolute atomic E-state index is 12.0. The largest absolute Gasteiger partial charge is 1.00 e. The van der Waals surface area contributed by atoms with E-state index in [2.05, 4.69) is 14.1 Å². The highest BCUT2D eigenvalue weighted by atomic mass is 127. The zero-order chi connectivity index (χ0) is 16.8. The molecule has 4 fully saturated rings. The maximum atomic E-state index is 12.0. The van der Waals surface area contributed by atoms with Gasteiger partial charge in [-0.2, -0.15) is 0 Å². The van der Waals surface area contributed by atoms with Gasteiger partial charge in [0.25, 0.3) is 0 Å². The molecule has 2 saturated heterocycles. The number of halogens is 1. The highest BCUT2D eigenvalue weighted by Gasteiger charge is 2.51. The molecule has 0 radical (unpaired) electrons. The van der Waals surface area contributed by atoms with Crippen molar-refractivity contribution in [1.82, 2.24) is 0 Å². The first-order chi connectivity index (χ1) is 11.5. The average Bonchev–Trinajstić information content (AvgIpc) is 3.22. The quantitative estimate of drug-likeness (QED) is 0.501. The van der Waals surface area contributed by atoms with E-state index in [-0.39, 0.29) is 29.6 Å². The van der Waals surface area contributed by atoms with Crippen LogP contribution < -0.4 is 24.0 Å². The van der Waals surface area contributed by atoms with Gasteiger partial charge in [0.05, 0.1) is 31.8 Å². The zero-order valence-corrected chi connectivity index (χ0v) is 18.7. The molecule has 0 amide bonds. The SMILES string of the molecule is C[N+]1(C)C2CCCC1CC(CC(O)(C1CCCC1)C1CCCC1)C2.[I-]. The number of quaternary nitrogens is 1. The highest BCUT2D eigenvalue weighted by Crippen LogP contribution is 2.50. The van der Waals surface area contributed by atoms with Crippen molar-refractivity contribution in [3.63, 3.8) is 0 Å². The van der Waals surface area contributed by atoms with Crippen LogP contribution >= 0.6 is 0 Å². The second kappa shape index (κ2) is 7.95. The lowest BCUT2D eigenvalue weighted by molar-refractivity contribution is -0.950. The van der Waals surface area contributed by atoms with E-state index in [0.717, 1.165) is 24.4 Å². The Kier molecular flexibility index (Phi) is 6.48. The van der Waals surface area contributed by atoms with Crippen LogP contribution in [-0.2, 0) is 0 Å². The molecule has 146 valence electrons. The molecular weight excluding hydrogens is 421 g/mol. The Morgan fingerprint density at radius 3 is 1.64 bits per heavy atom. The van der Waals surface area contributed by atoms with Crippen LogP contribution in [0.5, 0.6) is 0 Å². The molecular formula is C22H40INO. The summed E-state index contributed by atoms with van der Waals surface area (Å²) in [6.45, 7) is 0. The standard InChI is InChI=1S/C22H40NO.HI/c1-23(2)20-12-7-13-21(23)15-17(14-20)16-22(24,18-8-3-4-9-18)19-10-5-6-11-19;/h17-21,24H,3-16H2,1-2H3;1H/q+1;/p-1. The summed E-state index contributed by atoms with van der Waals surface area (Å²) in [6.07, 6.45) is 18.8. The van der Waals surface area contributed by atoms with Gasteiger partial charge in [0.1, 0.15) is 0 Å². The second-order valence-corrected chi connectivity index (χ2v) is 10.4. The predicted octanol–water partition coefficient (Wildman–Crippen LogP) is 1.90. The number of aliphatic hydroxyl groups is 1. The molecule has 2 atom stereocenters. The van der Waals surface area contributed by atoms with E-state index in [9.17, 15) is 5.11 Å². The van der Waals surface area contributed by atoms with Crippen molar-refractivity contribution in [2.75, 3.05) is 14.1 Å². The Balaban J connectivity index is 0.00000182. The van der Waals surface area contributed by atoms with E-state index < -0.39 is 0 Å². The van der Waals surface area contributed by atoms with Crippen molar-refractivity contribution in [2.45, 2.75) is 108 Å². The number of nitrogens with zero attached hydrogens (tertiary/aromatic N) is 1. The summed E-state index contributed by atoms with van der Waals surface area (Å²) in [5.41, 5.74) is -0.319. The van der Waals surface area contributed by atoms with E-state index in [0.29, 0.717) is 11.8 Å². The molecule has 4 rings (SSSR count). The number of fused-ring (bicyclic) bond motifs is 2. The van der Waals surface area contributed by atoms with Crippen molar-refractivity contribution in [2.24, 2.45) is 17.8 Å². The molecule has 2 bridgehead atoms. The first-order valence-corrected chi connectivity index (χ1v) is 11.1. The predicted molar refractivity (Wildman–Crippen MR) is 99.7 cm³/mol. The molecule has 2 aliphatic heterocycles. The summed E-state index contributed by atoms with van der Waals surface area (Å²) >= 11 is 0. The first kappa shape index (κ1) is 20.4. The summed E-state index contributed by atoms with van der Waals surface area (Å²) in [6, 6.07) is 1.72. The third-order valence-electron chi connectivity index (χ3n) is 8.91.